The molecule has 0 saturated carbocycles. The van der Waals surface area contributed by atoms with Crippen molar-refractivity contribution < 1.29 is 18.0 Å². The molecule has 136 valence electrons. The van der Waals surface area contributed by atoms with Gasteiger partial charge in [0.1, 0.15) is 5.69 Å². The lowest BCUT2D eigenvalue weighted by molar-refractivity contribution is -0.137. The van der Waals surface area contributed by atoms with E-state index in [9.17, 15) is 18.0 Å². The van der Waals surface area contributed by atoms with Crippen molar-refractivity contribution >= 4 is 23.3 Å². The molecule has 6 nitrogen and oxygen atoms in total. The van der Waals surface area contributed by atoms with E-state index in [0.717, 1.165) is 6.07 Å². The van der Waals surface area contributed by atoms with Crippen LogP contribution in [-0.4, -0.2) is 25.2 Å². The van der Waals surface area contributed by atoms with Crippen molar-refractivity contribution in [2.75, 3.05) is 5.32 Å². The zero-order chi connectivity index (χ0) is 18.9. The van der Waals surface area contributed by atoms with Crippen LogP contribution in [0.2, 0.25) is 5.02 Å². The van der Waals surface area contributed by atoms with Crippen LogP contribution in [0.15, 0.2) is 43.0 Å². The molecule has 2 heterocycles. The maximum atomic E-state index is 12.9. The number of nitrogens with one attached hydrogen (secondary N) is 1. The Morgan fingerprint density at radius 3 is 2.73 bits per heavy atom. The SMILES string of the molecule is Cn1ccc(NC(=O)c2cn(Cc3ccc(Cl)c(C(F)(F)F)c3)cn2)n1. The first-order valence-corrected chi connectivity index (χ1v) is 7.78. The highest BCUT2D eigenvalue weighted by Gasteiger charge is 2.33. The third-order valence-electron chi connectivity index (χ3n) is 3.52. The van der Waals surface area contributed by atoms with Crippen molar-refractivity contribution in [1.82, 2.24) is 19.3 Å². The van der Waals surface area contributed by atoms with Gasteiger partial charge in [-0.05, 0) is 17.7 Å². The van der Waals surface area contributed by atoms with Crippen LogP contribution >= 0.6 is 11.6 Å². The quantitative estimate of drug-likeness (QED) is 0.748. The van der Waals surface area contributed by atoms with E-state index >= 15 is 0 Å². The molecule has 0 aliphatic carbocycles. The zero-order valence-corrected chi connectivity index (χ0v) is 14.2. The minimum absolute atomic E-state index is 0.115. The average Bonchev–Trinajstić information content (AvgIpc) is 3.17. The summed E-state index contributed by atoms with van der Waals surface area (Å²) >= 11 is 5.61. The standard InChI is InChI=1S/C16H13ClF3N5O/c1-24-5-4-14(23-24)22-15(26)13-8-25(9-21-13)7-10-2-3-12(17)11(6-10)16(18,19)20/h2-6,8-9H,7H2,1H3,(H,22,23,26). The van der Waals surface area contributed by atoms with Gasteiger partial charge in [0.05, 0.1) is 16.9 Å². The van der Waals surface area contributed by atoms with Gasteiger partial charge in [-0.1, -0.05) is 17.7 Å². The first kappa shape index (κ1) is 18.0. The number of nitrogens with zero attached hydrogens (tertiary/aromatic N) is 4. The number of imidazole rings is 1. The van der Waals surface area contributed by atoms with Crippen LogP contribution in [0.4, 0.5) is 19.0 Å². The Kier molecular flexibility index (Phi) is 4.73. The molecule has 26 heavy (non-hydrogen) atoms. The first-order valence-electron chi connectivity index (χ1n) is 7.41. The second-order valence-electron chi connectivity index (χ2n) is 5.57. The smallest absolute Gasteiger partial charge is 0.332 e. The Balaban J connectivity index is 1.73. The molecule has 1 amide bonds. The third kappa shape index (κ3) is 4.05. The predicted octanol–water partition coefficient (Wildman–Crippen LogP) is 3.59. The molecule has 1 N–H and O–H groups in total. The molecule has 0 bridgehead atoms. The molecule has 2 aromatic heterocycles. The summed E-state index contributed by atoms with van der Waals surface area (Å²) in [4.78, 5) is 16.1. The average molecular weight is 384 g/mol. The molecule has 0 atom stereocenters. The maximum Gasteiger partial charge on any atom is 0.417 e. The number of aryl methyl sites for hydroxylation is 1. The number of halogens is 4. The summed E-state index contributed by atoms with van der Waals surface area (Å²) in [6, 6.07) is 5.30. The number of rotatable bonds is 4. The number of hydrogen-bond donors (Lipinski definition) is 1. The van der Waals surface area contributed by atoms with E-state index in [4.69, 9.17) is 11.6 Å². The van der Waals surface area contributed by atoms with E-state index in [0.29, 0.717) is 11.4 Å². The number of carbonyl (C=O) groups is 1. The molecule has 0 saturated heterocycles. The van der Waals surface area contributed by atoms with Crippen molar-refractivity contribution in [2.45, 2.75) is 12.7 Å². The number of anilines is 1. The summed E-state index contributed by atoms with van der Waals surface area (Å²) in [6.45, 7) is 0.115. The van der Waals surface area contributed by atoms with Gasteiger partial charge in [0.15, 0.2) is 5.82 Å². The zero-order valence-electron chi connectivity index (χ0n) is 13.5. The normalized spacial score (nSPS) is 11.6. The maximum absolute atomic E-state index is 12.9. The van der Waals surface area contributed by atoms with Crippen molar-refractivity contribution in [1.29, 1.82) is 0 Å². The molecule has 0 unspecified atom stereocenters. The van der Waals surface area contributed by atoms with Crippen LogP contribution in [0, 0.1) is 0 Å². The number of benzene rings is 1. The van der Waals surface area contributed by atoms with Gasteiger partial charge in [0.25, 0.3) is 5.91 Å². The molecule has 3 aromatic rings. The largest absolute Gasteiger partial charge is 0.417 e. The summed E-state index contributed by atoms with van der Waals surface area (Å²) in [5, 5.41) is 6.24. The van der Waals surface area contributed by atoms with Crippen LogP contribution in [-0.2, 0) is 19.8 Å². The fourth-order valence-electron chi connectivity index (χ4n) is 2.32. The second-order valence-corrected chi connectivity index (χ2v) is 5.98. The topological polar surface area (TPSA) is 64.7 Å². The monoisotopic (exact) mass is 383 g/mol. The van der Waals surface area contributed by atoms with Gasteiger partial charge >= 0.3 is 6.18 Å². The van der Waals surface area contributed by atoms with Gasteiger partial charge < -0.3 is 9.88 Å². The van der Waals surface area contributed by atoms with Crippen LogP contribution < -0.4 is 5.32 Å². The minimum atomic E-state index is -4.53. The Morgan fingerprint density at radius 2 is 2.08 bits per heavy atom. The molecular formula is C16H13ClF3N5O. The Bertz CT molecular complexity index is 948. The van der Waals surface area contributed by atoms with E-state index in [1.54, 1.807) is 19.3 Å². The van der Waals surface area contributed by atoms with Crippen LogP contribution in [0.5, 0.6) is 0 Å². The number of alkyl halides is 3. The lowest BCUT2D eigenvalue weighted by Crippen LogP contribution is -2.13. The van der Waals surface area contributed by atoms with Gasteiger partial charge in [-0.25, -0.2) is 4.98 Å². The minimum Gasteiger partial charge on any atom is -0.332 e. The second kappa shape index (κ2) is 6.83. The number of hydrogen-bond acceptors (Lipinski definition) is 3. The lowest BCUT2D eigenvalue weighted by atomic mass is 10.1. The van der Waals surface area contributed by atoms with Crippen LogP contribution in [0.1, 0.15) is 21.6 Å². The Morgan fingerprint density at radius 1 is 1.31 bits per heavy atom. The highest BCUT2D eigenvalue weighted by atomic mass is 35.5. The van der Waals surface area contributed by atoms with Crippen molar-refractivity contribution in [2.24, 2.45) is 7.05 Å². The van der Waals surface area contributed by atoms with Crippen LogP contribution in [0.25, 0.3) is 0 Å². The lowest BCUT2D eigenvalue weighted by Gasteiger charge is -2.11. The van der Waals surface area contributed by atoms with E-state index in [1.165, 1.54) is 33.9 Å². The fraction of sp³-hybridized carbons (Fsp3) is 0.188. The van der Waals surface area contributed by atoms with Gasteiger partial charge in [-0.15, -0.1) is 0 Å². The first-order chi connectivity index (χ1) is 12.2. The summed E-state index contributed by atoms with van der Waals surface area (Å²) < 4.78 is 41.8. The summed E-state index contributed by atoms with van der Waals surface area (Å²) in [7, 11) is 1.71. The van der Waals surface area contributed by atoms with E-state index < -0.39 is 17.6 Å². The van der Waals surface area contributed by atoms with E-state index in [1.807, 2.05) is 0 Å². The molecule has 0 aliphatic heterocycles. The van der Waals surface area contributed by atoms with Gasteiger partial charge in [-0.3, -0.25) is 9.48 Å². The van der Waals surface area contributed by atoms with E-state index in [2.05, 4.69) is 15.4 Å². The van der Waals surface area contributed by atoms with Crippen molar-refractivity contribution in [3.8, 4) is 0 Å². The molecular weight excluding hydrogens is 371 g/mol. The Labute approximate surface area is 151 Å². The van der Waals surface area contributed by atoms with Crippen LogP contribution in [0.3, 0.4) is 0 Å². The van der Waals surface area contributed by atoms with Gasteiger partial charge in [0.2, 0.25) is 0 Å². The summed E-state index contributed by atoms with van der Waals surface area (Å²) in [5.74, 6) is -0.0888. The van der Waals surface area contributed by atoms with Crippen molar-refractivity contribution in [3.05, 3.63) is 64.8 Å². The molecule has 1 aromatic carbocycles. The molecule has 0 fully saturated rings. The Hall–Kier alpha value is -2.81. The van der Waals surface area contributed by atoms with Gasteiger partial charge in [-0.2, -0.15) is 18.3 Å². The predicted molar refractivity (Wildman–Crippen MR) is 88.9 cm³/mol. The summed E-state index contributed by atoms with van der Waals surface area (Å²) in [5.41, 5.74) is -0.388. The number of carbonyl (C=O) groups excluding carboxylic acids is 1. The highest BCUT2D eigenvalue weighted by molar-refractivity contribution is 6.31. The molecule has 0 aliphatic rings. The molecule has 0 spiro atoms. The molecule has 0 radical (unpaired) electrons. The van der Waals surface area contributed by atoms with Crippen molar-refractivity contribution in [3.63, 3.8) is 0 Å². The van der Waals surface area contributed by atoms with Gasteiger partial charge in [0, 0.05) is 32.1 Å². The summed E-state index contributed by atoms with van der Waals surface area (Å²) in [6.07, 6.45) is -0.0436. The number of aromatic nitrogens is 4. The van der Waals surface area contributed by atoms with E-state index in [-0.39, 0.29) is 17.3 Å². The molecule has 3 rings (SSSR count). The third-order valence-corrected chi connectivity index (χ3v) is 3.85. The molecule has 10 heteroatoms. The fourth-order valence-corrected chi connectivity index (χ4v) is 2.55. The number of amides is 1. The highest BCUT2D eigenvalue weighted by Crippen LogP contribution is 2.35.